The maximum Gasteiger partial charge on any atom is 0.252 e. The highest BCUT2D eigenvalue weighted by molar-refractivity contribution is 5.84. The number of hydrogen-bond donors (Lipinski definition) is 1. The summed E-state index contributed by atoms with van der Waals surface area (Å²) in [5.41, 5.74) is 1.91. The van der Waals surface area contributed by atoms with E-state index in [1.54, 1.807) is 0 Å². The summed E-state index contributed by atoms with van der Waals surface area (Å²) in [6, 6.07) is 7.73. The molecule has 0 spiro atoms. The first-order valence-corrected chi connectivity index (χ1v) is 8.05. The van der Waals surface area contributed by atoms with Gasteiger partial charge in [-0.25, -0.2) is 0 Å². The zero-order chi connectivity index (χ0) is 16.4. The van der Waals surface area contributed by atoms with E-state index in [0.717, 1.165) is 22.3 Å². The molecule has 124 valence electrons. The van der Waals surface area contributed by atoms with Crippen molar-refractivity contribution in [2.75, 3.05) is 19.8 Å². The van der Waals surface area contributed by atoms with Crippen molar-refractivity contribution in [3.63, 3.8) is 0 Å². The molecule has 5 heteroatoms. The average Bonchev–Trinajstić information content (AvgIpc) is 2.90. The third-order valence-electron chi connectivity index (χ3n) is 4.24. The maximum atomic E-state index is 12.5. The van der Waals surface area contributed by atoms with Gasteiger partial charge in [-0.15, -0.1) is 0 Å². The molecule has 0 unspecified atom stereocenters. The largest absolute Gasteiger partial charge is 0.459 e. The van der Waals surface area contributed by atoms with Crippen LogP contribution in [-0.2, 0) is 14.3 Å². The normalized spacial score (nSPS) is 19.9. The molecule has 5 nitrogen and oxygen atoms in total. The van der Waals surface area contributed by atoms with Gasteiger partial charge in [0, 0.05) is 10.9 Å². The lowest BCUT2D eigenvalue weighted by atomic mass is 9.98. The molecule has 1 aliphatic heterocycles. The highest BCUT2D eigenvalue weighted by Crippen LogP contribution is 2.32. The Morgan fingerprint density at radius 1 is 1.26 bits per heavy atom. The second-order valence-corrected chi connectivity index (χ2v) is 6.25. The van der Waals surface area contributed by atoms with Gasteiger partial charge in [0.05, 0.1) is 25.9 Å². The summed E-state index contributed by atoms with van der Waals surface area (Å²) < 4.78 is 16.8. The number of nitrogens with one attached hydrogen (secondary N) is 1. The Balaban J connectivity index is 1.85. The van der Waals surface area contributed by atoms with E-state index in [2.05, 4.69) is 19.2 Å². The standard InChI is InChI=1S/C18H23NO4/c1-11(2)16(19-18(20)15-10-21-8-9-22-15)17-12(3)13-6-4-5-7-14(13)23-17/h4-7,11,15-16H,8-10H2,1-3H3,(H,19,20)/t15-,16+/m0/s1. The molecule has 1 saturated heterocycles. The number of amides is 1. The van der Waals surface area contributed by atoms with Crippen molar-refractivity contribution in [3.8, 4) is 0 Å². The fraction of sp³-hybridized carbons (Fsp3) is 0.500. The van der Waals surface area contributed by atoms with Gasteiger partial charge in [-0.3, -0.25) is 4.79 Å². The molecule has 23 heavy (non-hydrogen) atoms. The van der Waals surface area contributed by atoms with E-state index in [9.17, 15) is 4.79 Å². The number of ether oxygens (including phenoxy) is 2. The fourth-order valence-corrected chi connectivity index (χ4v) is 2.91. The first-order valence-electron chi connectivity index (χ1n) is 8.05. The van der Waals surface area contributed by atoms with Crippen LogP contribution in [0, 0.1) is 12.8 Å². The van der Waals surface area contributed by atoms with Crippen molar-refractivity contribution < 1.29 is 18.7 Å². The quantitative estimate of drug-likeness (QED) is 0.942. The van der Waals surface area contributed by atoms with E-state index < -0.39 is 6.10 Å². The summed E-state index contributed by atoms with van der Waals surface area (Å²) >= 11 is 0. The van der Waals surface area contributed by atoms with Crippen LogP contribution < -0.4 is 5.32 Å². The van der Waals surface area contributed by atoms with Crippen LogP contribution in [-0.4, -0.2) is 31.8 Å². The van der Waals surface area contributed by atoms with E-state index in [-0.39, 0.29) is 17.9 Å². The van der Waals surface area contributed by atoms with Crippen LogP contribution in [0.3, 0.4) is 0 Å². The summed E-state index contributed by atoms with van der Waals surface area (Å²) in [5, 5.41) is 4.15. The van der Waals surface area contributed by atoms with Gasteiger partial charge in [0.1, 0.15) is 11.3 Å². The molecule has 1 aromatic carbocycles. The average molecular weight is 317 g/mol. The predicted octanol–water partition coefficient (Wildman–Crippen LogP) is 2.97. The van der Waals surface area contributed by atoms with Crippen LogP contribution in [0.2, 0.25) is 0 Å². The summed E-state index contributed by atoms with van der Waals surface area (Å²) in [7, 11) is 0. The predicted molar refractivity (Wildman–Crippen MR) is 87.2 cm³/mol. The van der Waals surface area contributed by atoms with Crippen molar-refractivity contribution in [3.05, 3.63) is 35.6 Å². The molecule has 1 aromatic heterocycles. The minimum atomic E-state index is -0.547. The highest BCUT2D eigenvalue weighted by atomic mass is 16.6. The third kappa shape index (κ3) is 3.26. The van der Waals surface area contributed by atoms with Gasteiger partial charge in [-0.2, -0.15) is 0 Å². The highest BCUT2D eigenvalue weighted by Gasteiger charge is 2.29. The second-order valence-electron chi connectivity index (χ2n) is 6.25. The first-order chi connectivity index (χ1) is 11.1. The number of furan rings is 1. The Hall–Kier alpha value is -1.85. The van der Waals surface area contributed by atoms with Gasteiger partial charge < -0.3 is 19.2 Å². The first kappa shape index (κ1) is 16.0. The molecule has 3 rings (SSSR count). The van der Waals surface area contributed by atoms with Gasteiger partial charge in [0.2, 0.25) is 0 Å². The summed E-state index contributed by atoms with van der Waals surface area (Å²) in [6.45, 7) is 7.46. The van der Waals surface area contributed by atoms with E-state index in [0.29, 0.717) is 19.8 Å². The van der Waals surface area contributed by atoms with Gasteiger partial charge >= 0.3 is 0 Å². The smallest absolute Gasteiger partial charge is 0.252 e. The molecule has 2 atom stereocenters. The van der Waals surface area contributed by atoms with Crippen LogP contribution in [0.4, 0.5) is 0 Å². The number of benzene rings is 1. The van der Waals surface area contributed by atoms with E-state index in [1.807, 2.05) is 31.2 Å². The van der Waals surface area contributed by atoms with Crippen LogP contribution in [0.25, 0.3) is 11.0 Å². The van der Waals surface area contributed by atoms with Crippen molar-refractivity contribution in [2.24, 2.45) is 5.92 Å². The minimum absolute atomic E-state index is 0.150. The molecule has 0 radical (unpaired) electrons. The number of carbonyl (C=O) groups excluding carboxylic acids is 1. The lowest BCUT2D eigenvalue weighted by Gasteiger charge is -2.26. The zero-order valence-corrected chi connectivity index (χ0v) is 13.8. The zero-order valence-electron chi connectivity index (χ0n) is 13.8. The van der Waals surface area contributed by atoms with E-state index in [1.165, 1.54) is 0 Å². The Morgan fingerprint density at radius 3 is 2.70 bits per heavy atom. The number of carbonyl (C=O) groups is 1. The number of aryl methyl sites for hydroxylation is 1. The van der Waals surface area contributed by atoms with Crippen LogP contribution >= 0.6 is 0 Å². The van der Waals surface area contributed by atoms with Gasteiger partial charge in [0.25, 0.3) is 5.91 Å². The van der Waals surface area contributed by atoms with Crippen molar-refractivity contribution >= 4 is 16.9 Å². The fourth-order valence-electron chi connectivity index (χ4n) is 2.91. The molecular formula is C18H23NO4. The summed E-state index contributed by atoms with van der Waals surface area (Å²) in [4.78, 5) is 12.5. The molecule has 1 fully saturated rings. The SMILES string of the molecule is Cc1c([C@H](NC(=O)[C@@H]2COCCO2)C(C)C)oc2ccccc12. The van der Waals surface area contributed by atoms with Crippen LogP contribution in [0.15, 0.2) is 28.7 Å². The molecule has 1 N–H and O–H groups in total. The topological polar surface area (TPSA) is 60.7 Å². The molecule has 2 aromatic rings. The van der Waals surface area contributed by atoms with Crippen molar-refractivity contribution in [1.29, 1.82) is 0 Å². The maximum absolute atomic E-state index is 12.5. The lowest BCUT2D eigenvalue weighted by Crippen LogP contribution is -2.45. The Kier molecular flexibility index (Phi) is 4.68. The molecule has 1 amide bonds. The number of fused-ring (bicyclic) bond motifs is 1. The van der Waals surface area contributed by atoms with E-state index >= 15 is 0 Å². The van der Waals surface area contributed by atoms with Crippen LogP contribution in [0.1, 0.15) is 31.2 Å². The molecule has 2 heterocycles. The molecule has 0 bridgehead atoms. The molecule has 1 aliphatic rings. The Labute approximate surface area is 135 Å². The summed E-state index contributed by atoms with van der Waals surface area (Å²) in [5.74, 6) is 0.859. The third-order valence-corrected chi connectivity index (χ3v) is 4.24. The number of rotatable bonds is 4. The monoisotopic (exact) mass is 317 g/mol. The second kappa shape index (κ2) is 6.72. The van der Waals surface area contributed by atoms with E-state index in [4.69, 9.17) is 13.9 Å². The Morgan fingerprint density at radius 2 is 2.04 bits per heavy atom. The molecule has 0 aliphatic carbocycles. The van der Waals surface area contributed by atoms with Crippen LogP contribution in [0.5, 0.6) is 0 Å². The van der Waals surface area contributed by atoms with Gasteiger partial charge in [0.15, 0.2) is 6.10 Å². The minimum Gasteiger partial charge on any atom is -0.459 e. The lowest BCUT2D eigenvalue weighted by molar-refractivity contribution is -0.148. The molecule has 0 saturated carbocycles. The summed E-state index contributed by atoms with van der Waals surface area (Å²) in [6.07, 6.45) is -0.547. The number of hydrogen-bond acceptors (Lipinski definition) is 4. The van der Waals surface area contributed by atoms with Crippen molar-refractivity contribution in [2.45, 2.75) is 32.9 Å². The Bertz CT molecular complexity index is 685. The van der Waals surface area contributed by atoms with Gasteiger partial charge in [-0.1, -0.05) is 32.0 Å². The van der Waals surface area contributed by atoms with Gasteiger partial charge in [-0.05, 0) is 18.9 Å². The van der Waals surface area contributed by atoms with Crippen molar-refractivity contribution in [1.82, 2.24) is 5.32 Å². The number of para-hydroxylation sites is 1. The molecular weight excluding hydrogens is 294 g/mol.